The van der Waals surface area contributed by atoms with E-state index in [4.69, 9.17) is 0 Å². The van der Waals surface area contributed by atoms with Gasteiger partial charge in [0.1, 0.15) is 0 Å². The Morgan fingerprint density at radius 2 is 1.90 bits per heavy atom. The number of nitrogens with one attached hydrogen (secondary N) is 1. The fourth-order valence-electron chi connectivity index (χ4n) is 3.32. The monoisotopic (exact) mass is 311 g/mol. The first-order valence-electron chi connectivity index (χ1n) is 8.33. The van der Waals surface area contributed by atoms with Gasteiger partial charge in [0, 0.05) is 51.7 Å². The van der Waals surface area contributed by atoms with Crippen LogP contribution < -0.4 is 5.32 Å². The van der Waals surface area contributed by atoms with Crippen molar-refractivity contribution in [2.45, 2.75) is 64.0 Å². The summed E-state index contributed by atoms with van der Waals surface area (Å²) in [6.07, 6.45) is 0. The molecule has 2 fully saturated rings. The molecule has 122 valence electrons. The van der Waals surface area contributed by atoms with Crippen LogP contribution in [0, 0.1) is 0 Å². The minimum atomic E-state index is -1.23. The molecule has 2 heterocycles. The van der Waals surface area contributed by atoms with Crippen molar-refractivity contribution in [2.24, 2.45) is 0 Å². The van der Waals surface area contributed by atoms with Gasteiger partial charge in [-0.3, -0.25) is 9.69 Å². The Labute approximate surface area is 131 Å². The van der Waals surface area contributed by atoms with Crippen molar-refractivity contribution in [2.75, 3.05) is 32.7 Å². The Bertz CT molecular complexity index is 391. The van der Waals surface area contributed by atoms with Gasteiger partial charge >= 0.3 is 0 Å². The number of amides is 1. The summed E-state index contributed by atoms with van der Waals surface area (Å²) in [5.74, 6) is 0.220. The van der Waals surface area contributed by atoms with Gasteiger partial charge in [0.25, 0.3) is 0 Å². The second-order valence-corrected chi connectivity index (χ2v) is 14.2. The summed E-state index contributed by atoms with van der Waals surface area (Å²) in [6, 6.07) is 2.49. The molecule has 1 N–H and O–H groups in total. The van der Waals surface area contributed by atoms with Gasteiger partial charge in [-0.1, -0.05) is 33.9 Å². The van der Waals surface area contributed by atoms with Crippen LogP contribution in [0.2, 0.25) is 24.2 Å². The summed E-state index contributed by atoms with van der Waals surface area (Å²) in [5.41, 5.74) is 0. The van der Waals surface area contributed by atoms with E-state index in [1.54, 1.807) is 6.92 Å². The minimum Gasteiger partial charge on any atom is -0.340 e. The number of hydrogen-bond donors (Lipinski definition) is 1. The molecule has 0 bridgehead atoms. The molecule has 0 spiro atoms. The maximum atomic E-state index is 11.5. The molecule has 5 heteroatoms. The highest BCUT2D eigenvalue weighted by molar-refractivity contribution is 6.80. The maximum absolute atomic E-state index is 11.5. The van der Waals surface area contributed by atoms with Gasteiger partial charge in [0.2, 0.25) is 5.91 Å². The molecule has 0 radical (unpaired) electrons. The molecule has 4 nitrogen and oxygen atoms in total. The van der Waals surface area contributed by atoms with Crippen molar-refractivity contribution in [3.8, 4) is 0 Å². The lowest BCUT2D eigenvalue weighted by Crippen LogP contribution is -2.65. The molecule has 2 atom stereocenters. The molecule has 2 rings (SSSR count). The fraction of sp³-hybridized carbons (Fsp3) is 0.938. The smallest absolute Gasteiger partial charge is 0.219 e. The lowest BCUT2D eigenvalue weighted by Gasteiger charge is -2.48. The van der Waals surface area contributed by atoms with E-state index >= 15 is 0 Å². The molecule has 21 heavy (non-hydrogen) atoms. The Morgan fingerprint density at radius 1 is 1.24 bits per heavy atom. The molecule has 2 unspecified atom stereocenters. The summed E-state index contributed by atoms with van der Waals surface area (Å²) in [7, 11) is -1.23. The van der Waals surface area contributed by atoms with E-state index in [-0.39, 0.29) is 5.91 Å². The van der Waals surface area contributed by atoms with E-state index in [9.17, 15) is 4.79 Å². The topological polar surface area (TPSA) is 35.6 Å². The van der Waals surface area contributed by atoms with E-state index in [1.165, 1.54) is 6.04 Å². The van der Waals surface area contributed by atoms with Crippen molar-refractivity contribution in [3.63, 3.8) is 0 Å². The number of carbonyl (C=O) groups is 1. The third-order valence-corrected chi connectivity index (χ3v) is 11.5. The minimum absolute atomic E-state index is 0.220. The average Bonchev–Trinajstić information content (AvgIpc) is 2.36. The van der Waals surface area contributed by atoms with Crippen molar-refractivity contribution < 1.29 is 4.79 Å². The highest BCUT2D eigenvalue weighted by Crippen LogP contribution is 2.39. The molecule has 2 aliphatic rings. The predicted molar refractivity (Wildman–Crippen MR) is 91.4 cm³/mol. The van der Waals surface area contributed by atoms with E-state index in [0.717, 1.165) is 32.7 Å². The molecule has 2 saturated heterocycles. The number of fused-ring (bicyclic) bond motifs is 1. The molecular formula is C16H33N3OSi. The second-order valence-electron chi connectivity index (χ2n) is 8.56. The standard InChI is InChI=1S/C16H33N3OSi/c1-13(20)18-7-8-19-10-14(17-9-15(19)11-18)12-21(5,6)16(2,3)4/h14-15,17H,7-12H2,1-6H3. The van der Waals surface area contributed by atoms with Crippen molar-refractivity contribution in [1.29, 1.82) is 0 Å². The van der Waals surface area contributed by atoms with Crippen molar-refractivity contribution in [3.05, 3.63) is 0 Å². The van der Waals surface area contributed by atoms with Crippen molar-refractivity contribution in [1.82, 2.24) is 15.1 Å². The van der Waals surface area contributed by atoms with Crippen LogP contribution in [0.15, 0.2) is 0 Å². The third kappa shape index (κ3) is 3.87. The summed E-state index contributed by atoms with van der Waals surface area (Å²) >= 11 is 0. The first kappa shape index (κ1) is 17.0. The average molecular weight is 312 g/mol. The zero-order valence-electron chi connectivity index (χ0n) is 14.7. The predicted octanol–water partition coefficient (Wildman–Crippen LogP) is 2.00. The van der Waals surface area contributed by atoms with Gasteiger partial charge in [0.05, 0.1) is 8.07 Å². The molecule has 0 aromatic rings. The Balaban J connectivity index is 1.91. The Hall–Kier alpha value is -0.393. The second kappa shape index (κ2) is 6.01. The normalized spacial score (nSPS) is 28.4. The molecule has 0 aromatic heterocycles. The van der Waals surface area contributed by atoms with Crippen LogP contribution in [0.25, 0.3) is 0 Å². The van der Waals surface area contributed by atoms with Gasteiger partial charge in [-0.05, 0) is 11.1 Å². The Morgan fingerprint density at radius 3 is 2.48 bits per heavy atom. The Kier molecular flexibility index (Phi) is 4.86. The van der Waals surface area contributed by atoms with Crippen LogP contribution >= 0.6 is 0 Å². The first-order valence-corrected chi connectivity index (χ1v) is 11.5. The van der Waals surface area contributed by atoms with Crippen LogP contribution in [0.3, 0.4) is 0 Å². The summed E-state index contributed by atoms with van der Waals surface area (Å²) in [5, 5.41) is 4.22. The summed E-state index contributed by atoms with van der Waals surface area (Å²) in [4.78, 5) is 16.1. The number of nitrogens with zero attached hydrogens (tertiary/aromatic N) is 2. The SMILES string of the molecule is CC(=O)N1CCN2CC(C[Si](C)(C)C(C)(C)C)NCC2C1. The summed E-state index contributed by atoms with van der Waals surface area (Å²) < 4.78 is 0. The maximum Gasteiger partial charge on any atom is 0.219 e. The van der Waals surface area contributed by atoms with E-state index in [2.05, 4.69) is 44.1 Å². The number of rotatable bonds is 2. The first-order chi connectivity index (χ1) is 9.60. The zero-order valence-corrected chi connectivity index (χ0v) is 15.7. The summed E-state index contributed by atoms with van der Waals surface area (Å²) in [6.45, 7) is 19.0. The molecule has 0 aliphatic carbocycles. The lowest BCUT2D eigenvalue weighted by molar-refractivity contribution is -0.132. The number of carbonyl (C=O) groups excluding carboxylic acids is 1. The van der Waals surface area contributed by atoms with Gasteiger partial charge in [-0.2, -0.15) is 0 Å². The molecule has 1 amide bonds. The highest BCUT2D eigenvalue weighted by atomic mass is 28.3. The van der Waals surface area contributed by atoms with Crippen LogP contribution in [-0.2, 0) is 4.79 Å². The van der Waals surface area contributed by atoms with Gasteiger partial charge in [0.15, 0.2) is 0 Å². The highest BCUT2D eigenvalue weighted by Gasteiger charge is 2.40. The largest absolute Gasteiger partial charge is 0.340 e. The fourth-order valence-corrected chi connectivity index (χ4v) is 5.44. The van der Waals surface area contributed by atoms with Crippen LogP contribution in [0.1, 0.15) is 27.7 Å². The molecule has 0 aromatic carbocycles. The zero-order chi connectivity index (χ0) is 15.8. The van der Waals surface area contributed by atoms with Crippen LogP contribution in [-0.4, -0.2) is 68.6 Å². The van der Waals surface area contributed by atoms with E-state index in [0.29, 0.717) is 17.1 Å². The van der Waals surface area contributed by atoms with E-state index in [1.807, 2.05) is 4.90 Å². The van der Waals surface area contributed by atoms with E-state index < -0.39 is 8.07 Å². The van der Waals surface area contributed by atoms with Gasteiger partial charge < -0.3 is 10.2 Å². The van der Waals surface area contributed by atoms with Crippen molar-refractivity contribution >= 4 is 14.0 Å². The third-order valence-electron chi connectivity index (χ3n) is 5.93. The van der Waals surface area contributed by atoms with Gasteiger partial charge in [-0.25, -0.2) is 0 Å². The van der Waals surface area contributed by atoms with Gasteiger partial charge in [-0.15, -0.1) is 0 Å². The molecular weight excluding hydrogens is 278 g/mol. The number of hydrogen-bond acceptors (Lipinski definition) is 3. The molecule has 2 aliphatic heterocycles. The lowest BCUT2D eigenvalue weighted by atomic mass is 10.1. The van der Waals surface area contributed by atoms with Crippen LogP contribution in [0.4, 0.5) is 0 Å². The van der Waals surface area contributed by atoms with Crippen LogP contribution in [0.5, 0.6) is 0 Å². The molecule has 0 saturated carbocycles. The number of piperazine rings is 2. The quantitative estimate of drug-likeness (QED) is 0.792.